The van der Waals surface area contributed by atoms with E-state index in [0.29, 0.717) is 23.3 Å². The fourth-order valence-electron chi connectivity index (χ4n) is 1.30. The number of aliphatic carboxylic acids is 1. The van der Waals surface area contributed by atoms with E-state index in [4.69, 9.17) is 9.47 Å². The first-order valence-electron chi connectivity index (χ1n) is 4.75. The first-order valence-corrected chi connectivity index (χ1v) is 4.75. The number of nitrogens with one attached hydrogen (secondary N) is 1. The summed E-state index contributed by atoms with van der Waals surface area (Å²) in [5.41, 5.74) is 0.488. The van der Waals surface area contributed by atoms with Crippen LogP contribution in [-0.4, -0.2) is 18.7 Å². The number of hydrogen-bond donors (Lipinski definition) is 1. The summed E-state index contributed by atoms with van der Waals surface area (Å²) in [4.78, 5) is 21.4. The van der Waals surface area contributed by atoms with E-state index in [2.05, 4.69) is 5.32 Å². The maximum atomic E-state index is 11.3. The lowest BCUT2D eigenvalue weighted by molar-refractivity contribution is -0.297. The Kier molecular flexibility index (Phi) is 2.95. The van der Waals surface area contributed by atoms with Gasteiger partial charge >= 0.3 is 0 Å². The predicted octanol–water partition coefficient (Wildman–Crippen LogP) is -0.340. The molecule has 0 unspecified atom stereocenters. The lowest BCUT2D eigenvalue weighted by atomic mass is 10.2. The summed E-state index contributed by atoms with van der Waals surface area (Å²) in [7, 11) is 0. The van der Waals surface area contributed by atoms with Gasteiger partial charge in [-0.3, -0.25) is 4.79 Å². The Balaban J connectivity index is 2.04. The molecule has 0 spiro atoms. The van der Waals surface area contributed by atoms with Crippen LogP contribution in [0.15, 0.2) is 30.4 Å². The standard InChI is InChI=1S/C11H9NO5/c13-10(3-4-11(14)15)12-7-1-2-8-9(5-7)17-6-16-8/h1-5H,6H2,(H,12,13)(H,14,15)/p-1/b4-3+. The minimum absolute atomic E-state index is 0.150. The van der Waals surface area contributed by atoms with E-state index in [-0.39, 0.29) is 6.79 Å². The number of rotatable bonds is 3. The molecule has 1 amide bonds. The summed E-state index contributed by atoms with van der Waals surface area (Å²) in [6.07, 6.45) is 1.53. The molecule has 0 aromatic heterocycles. The molecule has 6 nitrogen and oxygen atoms in total. The Morgan fingerprint density at radius 3 is 2.76 bits per heavy atom. The van der Waals surface area contributed by atoms with Crippen molar-refractivity contribution in [3.63, 3.8) is 0 Å². The Labute approximate surface area is 96.5 Å². The molecule has 1 aromatic rings. The smallest absolute Gasteiger partial charge is 0.248 e. The monoisotopic (exact) mass is 234 g/mol. The zero-order valence-corrected chi connectivity index (χ0v) is 8.64. The molecule has 0 aliphatic carbocycles. The third-order valence-electron chi connectivity index (χ3n) is 2.01. The fourth-order valence-corrected chi connectivity index (χ4v) is 1.30. The summed E-state index contributed by atoms with van der Waals surface area (Å²) in [5, 5.41) is 12.6. The highest BCUT2D eigenvalue weighted by Crippen LogP contribution is 2.34. The van der Waals surface area contributed by atoms with Crippen molar-refractivity contribution in [2.24, 2.45) is 0 Å². The van der Waals surface area contributed by atoms with E-state index in [1.807, 2.05) is 0 Å². The van der Waals surface area contributed by atoms with E-state index in [1.54, 1.807) is 18.2 Å². The van der Waals surface area contributed by atoms with Crippen LogP contribution >= 0.6 is 0 Å². The molecule has 1 aliphatic heterocycles. The molecule has 0 saturated carbocycles. The minimum atomic E-state index is -1.43. The van der Waals surface area contributed by atoms with Crippen molar-refractivity contribution < 1.29 is 24.2 Å². The van der Waals surface area contributed by atoms with Crippen LogP contribution in [0.25, 0.3) is 0 Å². The molecule has 88 valence electrons. The second kappa shape index (κ2) is 4.56. The fraction of sp³-hybridized carbons (Fsp3) is 0.0909. The maximum Gasteiger partial charge on any atom is 0.248 e. The van der Waals surface area contributed by atoms with Gasteiger partial charge in [0.15, 0.2) is 11.5 Å². The molecule has 0 saturated heterocycles. The molecule has 0 atom stereocenters. The first-order chi connectivity index (χ1) is 8.15. The van der Waals surface area contributed by atoms with Crippen LogP contribution in [0.3, 0.4) is 0 Å². The number of carbonyl (C=O) groups is 2. The van der Waals surface area contributed by atoms with E-state index in [9.17, 15) is 14.7 Å². The molecule has 2 rings (SSSR count). The third-order valence-corrected chi connectivity index (χ3v) is 2.01. The molecule has 1 aromatic carbocycles. The zero-order chi connectivity index (χ0) is 12.3. The van der Waals surface area contributed by atoms with Crippen molar-refractivity contribution in [3.8, 4) is 11.5 Å². The van der Waals surface area contributed by atoms with Gasteiger partial charge in [-0.2, -0.15) is 0 Å². The SMILES string of the molecule is O=C([O-])/C=C/C(=O)Nc1ccc2c(c1)OCO2. The van der Waals surface area contributed by atoms with Gasteiger partial charge in [-0.1, -0.05) is 0 Å². The summed E-state index contributed by atoms with van der Waals surface area (Å²) in [5.74, 6) is -0.848. The molecule has 0 radical (unpaired) electrons. The van der Waals surface area contributed by atoms with Crippen LogP contribution in [0, 0.1) is 0 Å². The molecule has 6 heteroatoms. The molecular formula is C11H8NO5-. The Hall–Kier alpha value is -2.50. The Morgan fingerprint density at radius 2 is 2.00 bits per heavy atom. The molecule has 0 fully saturated rings. The summed E-state index contributed by atoms with van der Waals surface area (Å²) in [6.45, 7) is 0.150. The first kappa shape index (κ1) is 11.0. The molecule has 1 aliphatic rings. The molecule has 0 bridgehead atoms. The van der Waals surface area contributed by atoms with Gasteiger partial charge in [0.05, 0.1) is 5.97 Å². The van der Waals surface area contributed by atoms with Crippen molar-refractivity contribution in [2.45, 2.75) is 0 Å². The summed E-state index contributed by atoms with van der Waals surface area (Å²) >= 11 is 0. The number of ether oxygens (including phenoxy) is 2. The lowest BCUT2D eigenvalue weighted by Crippen LogP contribution is -2.20. The normalized spacial score (nSPS) is 12.7. The van der Waals surface area contributed by atoms with Gasteiger partial charge in [0, 0.05) is 17.8 Å². The molecule has 17 heavy (non-hydrogen) atoms. The number of benzene rings is 1. The Bertz CT molecular complexity index is 495. The van der Waals surface area contributed by atoms with Gasteiger partial charge in [0.2, 0.25) is 12.7 Å². The second-order valence-corrected chi connectivity index (χ2v) is 3.21. The highest BCUT2D eigenvalue weighted by Gasteiger charge is 2.13. The summed E-state index contributed by atoms with van der Waals surface area (Å²) < 4.78 is 10.2. The second-order valence-electron chi connectivity index (χ2n) is 3.21. The number of amides is 1. The summed E-state index contributed by atoms with van der Waals surface area (Å²) in [6, 6.07) is 4.87. The average Bonchev–Trinajstić information content (AvgIpc) is 2.73. The van der Waals surface area contributed by atoms with E-state index in [0.717, 1.165) is 6.08 Å². The van der Waals surface area contributed by atoms with E-state index < -0.39 is 11.9 Å². The quantitative estimate of drug-likeness (QED) is 0.723. The number of carboxylic acids is 1. The average molecular weight is 234 g/mol. The maximum absolute atomic E-state index is 11.3. The minimum Gasteiger partial charge on any atom is -0.545 e. The van der Waals surface area contributed by atoms with Gasteiger partial charge in [0.25, 0.3) is 0 Å². The number of hydrogen-bond acceptors (Lipinski definition) is 5. The molecular weight excluding hydrogens is 226 g/mol. The van der Waals surface area contributed by atoms with Crippen LogP contribution in [0.5, 0.6) is 11.5 Å². The lowest BCUT2D eigenvalue weighted by Gasteiger charge is -2.03. The number of carbonyl (C=O) groups excluding carboxylic acids is 2. The van der Waals surface area contributed by atoms with Gasteiger partial charge in [-0.05, 0) is 18.2 Å². The zero-order valence-electron chi connectivity index (χ0n) is 8.64. The number of fused-ring (bicyclic) bond motifs is 1. The Morgan fingerprint density at radius 1 is 1.24 bits per heavy atom. The van der Waals surface area contributed by atoms with Gasteiger partial charge in [-0.25, -0.2) is 0 Å². The van der Waals surface area contributed by atoms with Crippen LogP contribution in [0.1, 0.15) is 0 Å². The topological polar surface area (TPSA) is 87.7 Å². The van der Waals surface area contributed by atoms with Crippen LogP contribution in [0.2, 0.25) is 0 Å². The van der Waals surface area contributed by atoms with Crippen LogP contribution in [-0.2, 0) is 9.59 Å². The molecule has 1 N–H and O–H groups in total. The van der Waals surface area contributed by atoms with Gasteiger partial charge in [0.1, 0.15) is 0 Å². The number of carboxylic acid groups (broad SMARTS) is 1. The van der Waals surface area contributed by atoms with Crippen molar-refractivity contribution in [1.29, 1.82) is 0 Å². The van der Waals surface area contributed by atoms with Crippen molar-refractivity contribution >= 4 is 17.6 Å². The van der Waals surface area contributed by atoms with Crippen molar-refractivity contribution in [2.75, 3.05) is 12.1 Å². The van der Waals surface area contributed by atoms with Gasteiger partial charge in [-0.15, -0.1) is 0 Å². The van der Waals surface area contributed by atoms with Gasteiger partial charge < -0.3 is 24.7 Å². The largest absolute Gasteiger partial charge is 0.545 e. The van der Waals surface area contributed by atoms with E-state index in [1.165, 1.54) is 0 Å². The highest BCUT2D eigenvalue weighted by atomic mass is 16.7. The van der Waals surface area contributed by atoms with Crippen LogP contribution < -0.4 is 19.9 Å². The van der Waals surface area contributed by atoms with Crippen LogP contribution in [0.4, 0.5) is 5.69 Å². The van der Waals surface area contributed by atoms with Crippen molar-refractivity contribution in [1.82, 2.24) is 0 Å². The van der Waals surface area contributed by atoms with E-state index >= 15 is 0 Å². The number of anilines is 1. The third kappa shape index (κ3) is 2.75. The molecule has 1 heterocycles. The van der Waals surface area contributed by atoms with Crippen molar-refractivity contribution in [3.05, 3.63) is 30.4 Å². The predicted molar refractivity (Wildman–Crippen MR) is 55.3 cm³/mol. The highest BCUT2D eigenvalue weighted by molar-refractivity contribution is 6.02.